The summed E-state index contributed by atoms with van der Waals surface area (Å²) in [6.07, 6.45) is 10.1. The third-order valence-corrected chi connectivity index (χ3v) is 5.88. The van der Waals surface area contributed by atoms with Crippen molar-refractivity contribution in [2.45, 2.75) is 23.6 Å². The molecule has 2 unspecified atom stereocenters. The van der Waals surface area contributed by atoms with Crippen molar-refractivity contribution in [3.8, 4) is 0 Å². The van der Waals surface area contributed by atoms with Gasteiger partial charge in [0.05, 0.1) is 5.69 Å². The van der Waals surface area contributed by atoms with Crippen LogP contribution in [0.2, 0.25) is 0 Å². The van der Waals surface area contributed by atoms with E-state index in [1.807, 2.05) is 0 Å². The minimum atomic E-state index is -0.171. The van der Waals surface area contributed by atoms with Crippen molar-refractivity contribution in [1.29, 1.82) is 0 Å². The summed E-state index contributed by atoms with van der Waals surface area (Å²) in [5, 5.41) is 3.19. The number of anilines is 1. The number of thiazole rings is 1. The summed E-state index contributed by atoms with van der Waals surface area (Å²) in [6.45, 7) is 1.72. The van der Waals surface area contributed by atoms with E-state index in [0.717, 1.165) is 36.8 Å². The molecule has 2 aliphatic rings. The summed E-state index contributed by atoms with van der Waals surface area (Å²) in [6, 6.07) is 0. The quantitative estimate of drug-likeness (QED) is 0.835. The second-order valence-corrected chi connectivity index (χ2v) is 7.35. The van der Waals surface area contributed by atoms with Crippen LogP contribution in [0.1, 0.15) is 24.5 Å². The molecule has 1 aromatic rings. The van der Waals surface area contributed by atoms with Gasteiger partial charge in [-0.1, -0.05) is 40.2 Å². The lowest BCUT2D eigenvalue weighted by atomic mass is 9.96. The van der Waals surface area contributed by atoms with Crippen molar-refractivity contribution in [3.05, 3.63) is 35.4 Å². The molecule has 1 aliphatic carbocycles. The molecule has 21 heavy (non-hydrogen) atoms. The Morgan fingerprint density at radius 3 is 2.71 bits per heavy atom. The van der Waals surface area contributed by atoms with Gasteiger partial charge in [-0.25, -0.2) is 4.98 Å². The number of allylic oxidation sites excluding steroid dienone is 4. The topological polar surface area (TPSA) is 59.2 Å². The fourth-order valence-corrected chi connectivity index (χ4v) is 4.32. The van der Waals surface area contributed by atoms with Crippen LogP contribution < -0.4 is 10.6 Å². The first-order valence-electron chi connectivity index (χ1n) is 7.14. The monoisotopic (exact) mass is 367 g/mol. The number of halogens is 1. The fourth-order valence-electron chi connectivity index (χ4n) is 2.77. The van der Waals surface area contributed by atoms with Crippen LogP contribution in [-0.4, -0.2) is 28.8 Å². The molecule has 6 heteroatoms. The van der Waals surface area contributed by atoms with E-state index in [-0.39, 0.29) is 11.8 Å². The average Bonchev–Trinajstić information content (AvgIpc) is 2.97. The Morgan fingerprint density at radius 2 is 2.05 bits per heavy atom. The first-order chi connectivity index (χ1) is 10.1. The summed E-state index contributed by atoms with van der Waals surface area (Å²) in [4.78, 5) is 18.6. The van der Waals surface area contributed by atoms with Gasteiger partial charge in [0.25, 0.3) is 0 Å². The molecule has 0 spiro atoms. The summed E-state index contributed by atoms with van der Waals surface area (Å²) < 4.78 is 0. The molecule has 1 fully saturated rings. The van der Waals surface area contributed by atoms with Crippen molar-refractivity contribution in [2.24, 2.45) is 11.7 Å². The molecule has 0 radical (unpaired) electrons. The Hall–Kier alpha value is -1.14. The molecule has 1 saturated heterocycles. The standard InChI is InChI=1S/C15H18BrN3OS/c16-12-4-2-1-3-11(12)13-9-21-15(18-13)19-7-5-10(6-8-19)14(17)20/h1-4,9-12H,5-8H2,(H2,17,20). The van der Waals surface area contributed by atoms with E-state index in [1.165, 1.54) is 0 Å². The molecule has 1 aliphatic heterocycles. The van der Waals surface area contributed by atoms with Gasteiger partial charge in [0.1, 0.15) is 0 Å². The van der Waals surface area contributed by atoms with Crippen LogP contribution in [0.3, 0.4) is 0 Å². The molecule has 1 aromatic heterocycles. The lowest BCUT2D eigenvalue weighted by Gasteiger charge is -2.30. The number of aromatic nitrogens is 1. The fraction of sp³-hybridized carbons (Fsp3) is 0.467. The number of hydrogen-bond acceptors (Lipinski definition) is 4. The van der Waals surface area contributed by atoms with Crippen LogP contribution in [0.25, 0.3) is 0 Å². The smallest absolute Gasteiger partial charge is 0.220 e. The Morgan fingerprint density at radius 1 is 1.33 bits per heavy atom. The van der Waals surface area contributed by atoms with E-state index in [4.69, 9.17) is 10.7 Å². The third kappa shape index (κ3) is 3.21. The number of hydrogen-bond donors (Lipinski definition) is 1. The van der Waals surface area contributed by atoms with Crippen LogP contribution in [-0.2, 0) is 4.79 Å². The maximum absolute atomic E-state index is 11.2. The van der Waals surface area contributed by atoms with Crippen LogP contribution in [0.15, 0.2) is 29.7 Å². The number of primary amides is 1. The van der Waals surface area contributed by atoms with Crippen LogP contribution in [0.4, 0.5) is 5.13 Å². The largest absolute Gasteiger partial charge is 0.369 e. The van der Waals surface area contributed by atoms with Gasteiger partial charge >= 0.3 is 0 Å². The minimum Gasteiger partial charge on any atom is -0.369 e. The second kappa shape index (κ2) is 6.32. The molecule has 0 aromatic carbocycles. The van der Waals surface area contributed by atoms with Crippen molar-refractivity contribution < 1.29 is 4.79 Å². The average molecular weight is 368 g/mol. The van der Waals surface area contributed by atoms with Gasteiger partial charge in [-0.05, 0) is 12.8 Å². The Balaban J connectivity index is 1.67. The van der Waals surface area contributed by atoms with Crippen molar-refractivity contribution in [2.75, 3.05) is 18.0 Å². The SMILES string of the molecule is NC(=O)C1CCN(c2nc(C3C=CC=CC3Br)cs2)CC1. The number of carbonyl (C=O) groups excluding carboxylic acids is 1. The molecule has 0 bridgehead atoms. The molecule has 2 N–H and O–H groups in total. The highest BCUT2D eigenvalue weighted by atomic mass is 79.9. The molecule has 2 heterocycles. The molecule has 112 valence electrons. The Kier molecular flexibility index (Phi) is 4.45. The zero-order valence-corrected chi connectivity index (χ0v) is 14.0. The van der Waals surface area contributed by atoms with Crippen LogP contribution in [0.5, 0.6) is 0 Å². The number of amides is 1. The van der Waals surface area contributed by atoms with Gasteiger partial charge < -0.3 is 10.6 Å². The highest BCUT2D eigenvalue weighted by Crippen LogP contribution is 2.34. The number of alkyl halides is 1. The summed E-state index contributed by atoms with van der Waals surface area (Å²) in [7, 11) is 0. The number of nitrogens with two attached hydrogens (primary N) is 1. The van der Waals surface area contributed by atoms with E-state index in [9.17, 15) is 4.79 Å². The minimum absolute atomic E-state index is 0.0269. The van der Waals surface area contributed by atoms with Crippen molar-refractivity contribution in [1.82, 2.24) is 4.98 Å². The van der Waals surface area contributed by atoms with Crippen molar-refractivity contribution in [3.63, 3.8) is 0 Å². The molecule has 1 amide bonds. The predicted octanol–water partition coefficient (Wildman–Crippen LogP) is 2.82. The zero-order valence-electron chi connectivity index (χ0n) is 11.6. The van der Waals surface area contributed by atoms with Crippen molar-refractivity contribution >= 4 is 38.3 Å². The second-order valence-electron chi connectivity index (χ2n) is 5.46. The summed E-state index contributed by atoms with van der Waals surface area (Å²) in [5.74, 6) is 0.151. The number of rotatable bonds is 3. The molecular weight excluding hydrogens is 350 g/mol. The normalized spacial score (nSPS) is 26.2. The lowest BCUT2D eigenvalue weighted by molar-refractivity contribution is -0.122. The molecule has 0 saturated carbocycles. The Labute approximate surface area is 136 Å². The van der Waals surface area contributed by atoms with Gasteiger partial charge in [-0.3, -0.25) is 4.79 Å². The zero-order chi connectivity index (χ0) is 14.8. The highest BCUT2D eigenvalue weighted by molar-refractivity contribution is 9.09. The number of piperidine rings is 1. The van der Waals surface area contributed by atoms with Crippen LogP contribution in [0, 0.1) is 5.92 Å². The summed E-state index contributed by atoms with van der Waals surface area (Å²) in [5.41, 5.74) is 6.48. The van der Waals surface area contributed by atoms with E-state index in [0.29, 0.717) is 10.7 Å². The first-order valence-corrected chi connectivity index (χ1v) is 8.93. The van der Waals surface area contributed by atoms with E-state index >= 15 is 0 Å². The molecular formula is C15H18BrN3OS. The first kappa shape index (κ1) is 14.8. The number of carbonyl (C=O) groups is 1. The molecule has 3 rings (SSSR count). The van der Waals surface area contributed by atoms with Gasteiger partial charge in [0.15, 0.2) is 5.13 Å². The molecule has 2 atom stereocenters. The third-order valence-electron chi connectivity index (χ3n) is 4.09. The summed E-state index contributed by atoms with van der Waals surface area (Å²) >= 11 is 5.36. The maximum Gasteiger partial charge on any atom is 0.220 e. The highest BCUT2D eigenvalue weighted by Gasteiger charge is 2.26. The van der Waals surface area contributed by atoms with Gasteiger partial charge in [-0.2, -0.15) is 0 Å². The van der Waals surface area contributed by atoms with Gasteiger partial charge in [0, 0.05) is 35.1 Å². The van der Waals surface area contributed by atoms with Gasteiger partial charge in [0.2, 0.25) is 5.91 Å². The van der Waals surface area contributed by atoms with Crippen LogP contribution >= 0.6 is 27.3 Å². The number of nitrogens with zero attached hydrogens (tertiary/aromatic N) is 2. The van der Waals surface area contributed by atoms with E-state index in [2.05, 4.69) is 50.5 Å². The maximum atomic E-state index is 11.2. The lowest BCUT2D eigenvalue weighted by Crippen LogP contribution is -2.38. The van der Waals surface area contributed by atoms with E-state index < -0.39 is 0 Å². The predicted molar refractivity (Wildman–Crippen MR) is 90.0 cm³/mol. The molecule has 4 nitrogen and oxygen atoms in total. The van der Waals surface area contributed by atoms with E-state index in [1.54, 1.807) is 11.3 Å². The Bertz CT molecular complexity index is 575. The van der Waals surface area contributed by atoms with Gasteiger partial charge in [-0.15, -0.1) is 11.3 Å².